The van der Waals surface area contributed by atoms with E-state index in [1.165, 1.54) is 0 Å². The molecule has 27 heavy (non-hydrogen) atoms. The van der Waals surface area contributed by atoms with Crippen LogP contribution < -0.4 is 10.6 Å². The molecule has 1 aromatic carbocycles. The van der Waals surface area contributed by atoms with Gasteiger partial charge in [-0.2, -0.15) is 0 Å². The molecule has 0 aromatic heterocycles. The topological polar surface area (TPSA) is 66.0 Å². The molecule has 1 fully saturated rings. The monoisotopic (exact) mass is 394 g/mol. The number of carbonyl (C=O) groups excluding carboxylic acids is 1. The van der Waals surface area contributed by atoms with Crippen molar-refractivity contribution in [1.29, 1.82) is 0 Å². The summed E-state index contributed by atoms with van der Waals surface area (Å²) in [6.07, 6.45) is 0.940. The third-order valence-corrected chi connectivity index (χ3v) is 4.62. The van der Waals surface area contributed by atoms with E-state index < -0.39 is 0 Å². The van der Waals surface area contributed by atoms with Crippen molar-refractivity contribution >= 4 is 23.5 Å². The number of amides is 1. The van der Waals surface area contributed by atoms with Gasteiger partial charge in [-0.25, -0.2) is 0 Å². The van der Waals surface area contributed by atoms with Crippen LogP contribution >= 0.6 is 11.6 Å². The Morgan fingerprint density at radius 2 is 2.11 bits per heavy atom. The van der Waals surface area contributed by atoms with Crippen LogP contribution in [0.3, 0.4) is 0 Å². The molecule has 0 radical (unpaired) electrons. The Labute approximate surface area is 167 Å². The van der Waals surface area contributed by atoms with E-state index in [4.69, 9.17) is 16.3 Å². The summed E-state index contributed by atoms with van der Waals surface area (Å²) in [6.45, 7) is 9.91. The number of carbonyl (C=O) groups is 1. The first-order valence-corrected chi connectivity index (χ1v) is 10.0. The average Bonchev–Trinajstić information content (AvgIpc) is 3.10. The van der Waals surface area contributed by atoms with E-state index >= 15 is 0 Å². The van der Waals surface area contributed by atoms with Crippen LogP contribution in [0.4, 0.5) is 0 Å². The lowest BCUT2D eigenvalue weighted by Gasteiger charge is -2.20. The van der Waals surface area contributed by atoms with E-state index in [1.54, 1.807) is 0 Å². The summed E-state index contributed by atoms with van der Waals surface area (Å²) < 4.78 is 5.67. The molecule has 0 saturated carbocycles. The highest BCUT2D eigenvalue weighted by molar-refractivity contribution is 6.30. The van der Waals surface area contributed by atoms with E-state index in [0.29, 0.717) is 19.8 Å². The number of guanidine groups is 1. The van der Waals surface area contributed by atoms with Gasteiger partial charge in [-0.05, 0) is 31.0 Å². The molecule has 1 atom stereocenters. The fourth-order valence-corrected chi connectivity index (χ4v) is 3.08. The van der Waals surface area contributed by atoms with Crippen LogP contribution in [0.1, 0.15) is 32.8 Å². The predicted octanol–water partition coefficient (Wildman–Crippen LogP) is 2.67. The van der Waals surface area contributed by atoms with Crippen LogP contribution in [0, 0.1) is 5.92 Å². The number of nitrogens with zero attached hydrogens (tertiary/aromatic N) is 2. The van der Waals surface area contributed by atoms with E-state index in [9.17, 15) is 4.79 Å². The number of nitrogens with one attached hydrogen (secondary N) is 2. The lowest BCUT2D eigenvalue weighted by atomic mass is 10.2. The summed E-state index contributed by atoms with van der Waals surface area (Å²) >= 11 is 5.88. The van der Waals surface area contributed by atoms with Gasteiger partial charge in [0, 0.05) is 36.6 Å². The van der Waals surface area contributed by atoms with Crippen molar-refractivity contribution in [3.05, 3.63) is 34.9 Å². The molecule has 1 heterocycles. The first-order valence-electron chi connectivity index (χ1n) is 9.65. The lowest BCUT2D eigenvalue weighted by Crippen LogP contribution is -2.45. The summed E-state index contributed by atoms with van der Waals surface area (Å²) in [5.41, 5.74) is 1.09. The third kappa shape index (κ3) is 7.39. The van der Waals surface area contributed by atoms with E-state index in [-0.39, 0.29) is 17.9 Å². The molecule has 0 bridgehead atoms. The molecule has 150 valence electrons. The maximum Gasteiger partial charge on any atom is 0.225 e. The fraction of sp³-hybridized carbons (Fsp3) is 0.600. The molecular weight excluding hydrogens is 364 g/mol. The molecule has 0 spiro atoms. The summed E-state index contributed by atoms with van der Waals surface area (Å²) in [6, 6.07) is 7.88. The van der Waals surface area contributed by atoms with Crippen molar-refractivity contribution in [2.45, 2.75) is 39.8 Å². The second-order valence-electron chi connectivity index (χ2n) is 7.01. The van der Waals surface area contributed by atoms with Gasteiger partial charge in [0.15, 0.2) is 5.96 Å². The van der Waals surface area contributed by atoms with Gasteiger partial charge in [-0.3, -0.25) is 9.79 Å². The lowest BCUT2D eigenvalue weighted by molar-refractivity contribution is -0.133. The molecule has 1 amide bonds. The Bertz CT molecular complexity index is 619. The number of benzene rings is 1. The molecule has 1 aliphatic rings. The summed E-state index contributed by atoms with van der Waals surface area (Å²) in [5, 5.41) is 7.41. The molecule has 2 rings (SSSR count). The van der Waals surface area contributed by atoms with Crippen molar-refractivity contribution in [1.82, 2.24) is 15.5 Å². The van der Waals surface area contributed by atoms with E-state index in [2.05, 4.69) is 15.6 Å². The quantitative estimate of drug-likeness (QED) is 0.404. The highest BCUT2D eigenvalue weighted by atomic mass is 35.5. The summed E-state index contributed by atoms with van der Waals surface area (Å²) in [4.78, 5) is 18.6. The van der Waals surface area contributed by atoms with Crippen LogP contribution in [-0.4, -0.2) is 55.6 Å². The molecule has 1 unspecified atom stereocenters. The molecule has 2 N–H and O–H groups in total. The Hall–Kier alpha value is -1.79. The molecule has 6 nitrogen and oxygen atoms in total. The minimum absolute atomic E-state index is 0.0449. The highest BCUT2D eigenvalue weighted by Gasteiger charge is 2.27. The second kappa shape index (κ2) is 11.1. The molecular formula is C20H31ClN4O2. The van der Waals surface area contributed by atoms with Crippen molar-refractivity contribution < 1.29 is 9.53 Å². The van der Waals surface area contributed by atoms with Gasteiger partial charge in [0.25, 0.3) is 0 Å². The van der Waals surface area contributed by atoms with Gasteiger partial charge in [0.1, 0.15) is 0 Å². The van der Waals surface area contributed by atoms with Crippen LogP contribution in [0.2, 0.25) is 5.02 Å². The first-order chi connectivity index (χ1) is 13.0. The molecule has 1 aliphatic heterocycles. The summed E-state index contributed by atoms with van der Waals surface area (Å²) in [7, 11) is 0. The van der Waals surface area contributed by atoms with Crippen LogP contribution in [-0.2, 0) is 16.1 Å². The zero-order valence-electron chi connectivity index (χ0n) is 16.5. The van der Waals surface area contributed by atoms with Crippen LogP contribution in [0.15, 0.2) is 29.3 Å². The predicted molar refractivity (Wildman–Crippen MR) is 110 cm³/mol. The van der Waals surface area contributed by atoms with Gasteiger partial charge >= 0.3 is 0 Å². The van der Waals surface area contributed by atoms with Gasteiger partial charge in [-0.15, -0.1) is 0 Å². The van der Waals surface area contributed by atoms with Gasteiger partial charge < -0.3 is 20.3 Å². The maximum absolute atomic E-state index is 12.1. The van der Waals surface area contributed by atoms with Gasteiger partial charge in [-0.1, -0.05) is 37.6 Å². The average molecular weight is 395 g/mol. The largest absolute Gasteiger partial charge is 0.375 e. The summed E-state index contributed by atoms with van der Waals surface area (Å²) in [5.74, 6) is 1.04. The van der Waals surface area contributed by atoms with Gasteiger partial charge in [0.2, 0.25) is 5.91 Å². The third-order valence-electron chi connectivity index (χ3n) is 4.37. The molecule has 7 heteroatoms. The number of likely N-dealkylation sites (tertiary alicyclic amines) is 1. The SMILES string of the molecule is CCNC(=NCCOCc1ccc(Cl)cc1)NC1CCN(C(=O)C(C)C)C1. The van der Waals surface area contributed by atoms with Crippen molar-refractivity contribution in [2.75, 3.05) is 32.8 Å². The molecule has 1 aromatic rings. The number of halogens is 1. The van der Waals surface area contributed by atoms with Crippen molar-refractivity contribution in [3.8, 4) is 0 Å². The molecule has 1 saturated heterocycles. The minimum Gasteiger partial charge on any atom is -0.375 e. The smallest absolute Gasteiger partial charge is 0.225 e. The zero-order valence-corrected chi connectivity index (χ0v) is 17.3. The number of hydrogen-bond acceptors (Lipinski definition) is 3. The van der Waals surface area contributed by atoms with Crippen LogP contribution in [0.25, 0.3) is 0 Å². The normalized spacial score (nSPS) is 17.4. The number of ether oxygens (including phenoxy) is 1. The number of hydrogen-bond donors (Lipinski definition) is 2. The van der Waals surface area contributed by atoms with Crippen LogP contribution in [0.5, 0.6) is 0 Å². The Morgan fingerprint density at radius 3 is 2.78 bits per heavy atom. The number of rotatable bonds is 8. The Kier molecular flexibility index (Phi) is 8.88. The molecule has 0 aliphatic carbocycles. The Balaban J connectivity index is 1.73. The minimum atomic E-state index is 0.0449. The van der Waals surface area contributed by atoms with E-state index in [1.807, 2.05) is 49.9 Å². The fourth-order valence-electron chi connectivity index (χ4n) is 2.95. The maximum atomic E-state index is 12.1. The number of aliphatic imine (C=N–C) groups is 1. The first kappa shape index (κ1) is 21.5. The Morgan fingerprint density at radius 1 is 1.37 bits per heavy atom. The highest BCUT2D eigenvalue weighted by Crippen LogP contribution is 2.13. The van der Waals surface area contributed by atoms with Gasteiger partial charge in [0.05, 0.1) is 19.8 Å². The zero-order chi connectivity index (χ0) is 19.6. The standard InChI is InChI=1S/C20H31ClN4O2/c1-4-22-20(24-18-9-11-25(13-18)19(26)15(2)3)23-10-12-27-14-16-5-7-17(21)8-6-16/h5-8,15,18H,4,9-14H2,1-3H3,(H2,22,23,24). The van der Waals surface area contributed by atoms with E-state index in [0.717, 1.165) is 42.6 Å². The van der Waals surface area contributed by atoms with Crippen molar-refractivity contribution in [2.24, 2.45) is 10.9 Å². The second-order valence-corrected chi connectivity index (χ2v) is 7.45. The van der Waals surface area contributed by atoms with Crippen molar-refractivity contribution in [3.63, 3.8) is 0 Å².